The van der Waals surface area contributed by atoms with E-state index in [0.717, 1.165) is 0 Å². The molecule has 0 unspecified atom stereocenters. The Hall–Kier alpha value is -1.04. The SMILES string of the molecule is C/C(CF)=C(\C#N)c1cccc(Cl)c1Cl. The van der Waals surface area contributed by atoms with Gasteiger partial charge in [-0.3, -0.25) is 0 Å². The smallest absolute Gasteiger partial charge is 0.112 e. The first-order chi connectivity index (χ1) is 7.11. The number of allylic oxidation sites excluding steroid dienone is 2. The fraction of sp³-hybridized carbons (Fsp3) is 0.182. The average molecular weight is 244 g/mol. The highest BCUT2D eigenvalue weighted by Crippen LogP contribution is 2.31. The number of rotatable bonds is 2. The van der Waals surface area contributed by atoms with Crippen LogP contribution in [0.15, 0.2) is 23.8 Å². The van der Waals surface area contributed by atoms with E-state index in [1.807, 2.05) is 6.07 Å². The molecule has 4 heteroatoms. The van der Waals surface area contributed by atoms with Crippen molar-refractivity contribution in [3.05, 3.63) is 39.4 Å². The Bertz CT molecular complexity index is 446. The lowest BCUT2D eigenvalue weighted by atomic mass is 10.0. The summed E-state index contributed by atoms with van der Waals surface area (Å²) in [6.45, 7) is 0.877. The third-order valence-electron chi connectivity index (χ3n) is 1.96. The van der Waals surface area contributed by atoms with Crippen molar-refractivity contribution in [1.82, 2.24) is 0 Å². The van der Waals surface area contributed by atoms with Crippen LogP contribution in [0.5, 0.6) is 0 Å². The van der Waals surface area contributed by atoms with Crippen molar-refractivity contribution in [2.24, 2.45) is 0 Å². The molecule has 0 fully saturated rings. The molecule has 0 saturated heterocycles. The highest BCUT2D eigenvalue weighted by Gasteiger charge is 2.11. The zero-order valence-corrected chi connectivity index (χ0v) is 9.53. The second-order valence-corrected chi connectivity index (χ2v) is 3.79. The zero-order valence-electron chi connectivity index (χ0n) is 8.02. The van der Waals surface area contributed by atoms with Crippen LogP contribution in [0.2, 0.25) is 10.0 Å². The molecule has 1 rings (SSSR count). The van der Waals surface area contributed by atoms with Crippen LogP contribution in [0.3, 0.4) is 0 Å². The van der Waals surface area contributed by atoms with Gasteiger partial charge in [0.25, 0.3) is 0 Å². The van der Waals surface area contributed by atoms with Crippen molar-refractivity contribution in [2.75, 3.05) is 6.67 Å². The van der Waals surface area contributed by atoms with E-state index in [2.05, 4.69) is 0 Å². The fourth-order valence-corrected chi connectivity index (χ4v) is 1.54. The Labute approximate surface area is 97.7 Å². The molecule has 0 saturated carbocycles. The Morgan fingerprint density at radius 1 is 1.47 bits per heavy atom. The molecule has 0 aliphatic rings. The van der Waals surface area contributed by atoms with Gasteiger partial charge in [-0.2, -0.15) is 5.26 Å². The van der Waals surface area contributed by atoms with E-state index in [1.165, 1.54) is 0 Å². The van der Waals surface area contributed by atoms with Gasteiger partial charge in [-0.1, -0.05) is 35.3 Å². The summed E-state index contributed by atoms with van der Waals surface area (Å²) in [5, 5.41) is 9.56. The zero-order chi connectivity index (χ0) is 11.4. The molecule has 1 aromatic carbocycles. The first-order valence-electron chi connectivity index (χ1n) is 4.22. The summed E-state index contributed by atoms with van der Waals surface area (Å²) >= 11 is 11.7. The Balaban J connectivity index is 3.40. The van der Waals surface area contributed by atoms with Gasteiger partial charge < -0.3 is 0 Å². The quantitative estimate of drug-likeness (QED) is 0.713. The monoisotopic (exact) mass is 243 g/mol. The van der Waals surface area contributed by atoms with Crippen LogP contribution in [0.1, 0.15) is 12.5 Å². The lowest BCUT2D eigenvalue weighted by Gasteiger charge is -2.06. The molecule has 1 nitrogen and oxygen atoms in total. The molecular weight excluding hydrogens is 236 g/mol. The van der Waals surface area contributed by atoms with Crippen LogP contribution < -0.4 is 0 Å². The molecule has 15 heavy (non-hydrogen) atoms. The summed E-state index contributed by atoms with van der Waals surface area (Å²) in [4.78, 5) is 0. The maximum Gasteiger partial charge on any atom is 0.112 e. The van der Waals surface area contributed by atoms with E-state index in [4.69, 9.17) is 28.5 Å². The lowest BCUT2D eigenvalue weighted by Crippen LogP contribution is -1.90. The second kappa shape index (κ2) is 5.16. The molecule has 0 radical (unpaired) electrons. The summed E-state index contributed by atoms with van der Waals surface area (Å²) in [6.07, 6.45) is 0. The van der Waals surface area contributed by atoms with Crippen LogP contribution >= 0.6 is 23.2 Å². The van der Waals surface area contributed by atoms with Gasteiger partial charge in [-0.05, 0) is 18.6 Å². The molecule has 1 aromatic rings. The van der Waals surface area contributed by atoms with Gasteiger partial charge in [0.2, 0.25) is 0 Å². The van der Waals surface area contributed by atoms with E-state index in [9.17, 15) is 4.39 Å². The molecule has 0 bridgehead atoms. The van der Waals surface area contributed by atoms with Crippen molar-refractivity contribution in [1.29, 1.82) is 5.26 Å². The summed E-state index contributed by atoms with van der Waals surface area (Å²) < 4.78 is 12.5. The van der Waals surface area contributed by atoms with Gasteiger partial charge in [-0.25, -0.2) is 4.39 Å². The van der Waals surface area contributed by atoms with Crippen LogP contribution in [0.25, 0.3) is 5.57 Å². The van der Waals surface area contributed by atoms with E-state index < -0.39 is 6.67 Å². The molecule has 78 valence electrons. The third-order valence-corrected chi connectivity index (χ3v) is 2.78. The summed E-state index contributed by atoms with van der Waals surface area (Å²) in [5.41, 5.74) is 1.06. The normalized spacial score (nSPS) is 11.9. The fourth-order valence-electron chi connectivity index (χ4n) is 1.15. The molecule has 0 amide bonds. The molecule has 0 aliphatic carbocycles. The minimum atomic E-state index is -0.675. The van der Waals surface area contributed by atoms with Gasteiger partial charge in [0.1, 0.15) is 6.67 Å². The largest absolute Gasteiger partial charge is 0.246 e. The first kappa shape index (κ1) is 12.0. The number of nitrogens with zero attached hydrogens (tertiary/aromatic N) is 1. The van der Waals surface area contributed by atoms with E-state index in [0.29, 0.717) is 16.2 Å². The minimum Gasteiger partial charge on any atom is -0.246 e. The average Bonchev–Trinajstić information content (AvgIpc) is 2.24. The molecule has 0 spiro atoms. The number of halogens is 3. The number of alkyl halides is 1. The van der Waals surface area contributed by atoms with Gasteiger partial charge in [-0.15, -0.1) is 0 Å². The van der Waals surface area contributed by atoms with Crippen molar-refractivity contribution < 1.29 is 4.39 Å². The van der Waals surface area contributed by atoms with Crippen molar-refractivity contribution in [2.45, 2.75) is 6.92 Å². The highest BCUT2D eigenvalue weighted by atomic mass is 35.5. The van der Waals surface area contributed by atoms with Crippen LogP contribution in [-0.4, -0.2) is 6.67 Å². The van der Waals surface area contributed by atoms with Gasteiger partial charge >= 0.3 is 0 Å². The standard InChI is InChI=1S/C11H8Cl2FN/c1-7(5-14)9(6-15)8-3-2-4-10(12)11(8)13/h2-4H,5H2,1H3/b9-7-. The Kier molecular flexibility index (Phi) is 4.14. The van der Waals surface area contributed by atoms with Gasteiger partial charge in [0.05, 0.1) is 21.7 Å². The second-order valence-electron chi connectivity index (χ2n) is 3.00. The lowest BCUT2D eigenvalue weighted by molar-refractivity contribution is 0.544. The van der Waals surface area contributed by atoms with E-state index in [1.54, 1.807) is 25.1 Å². The minimum absolute atomic E-state index is 0.241. The highest BCUT2D eigenvalue weighted by molar-refractivity contribution is 6.43. The maximum absolute atomic E-state index is 12.5. The molecule has 0 aromatic heterocycles. The van der Waals surface area contributed by atoms with Crippen molar-refractivity contribution in [3.8, 4) is 6.07 Å². The molecule has 0 heterocycles. The number of nitriles is 1. The molecule has 0 aliphatic heterocycles. The molecule has 0 N–H and O–H groups in total. The predicted molar refractivity (Wildman–Crippen MR) is 60.6 cm³/mol. The number of hydrogen-bond acceptors (Lipinski definition) is 1. The van der Waals surface area contributed by atoms with Crippen LogP contribution in [-0.2, 0) is 0 Å². The van der Waals surface area contributed by atoms with E-state index >= 15 is 0 Å². The Morgan fingerprint density at radius 3 is 2.67 bits per heavy atom. The van der Waals surface area contributed by atoms with Crippen molar-refractivity contribution in [3.63, 3.8) is 0 Å². The van der Waals surface area contributed by atoms with Crippen LogP contribution in [0.4, 0.5) is 4.39 Å². The molecule has 0 atom stereocenters. The number of benzene rings is 1. The van der Waals surface area contributed by atoms with Crippen molar-refractivity contribution >= 4 is 28.8 Å². The Morgan fingerprint density at radius 2 is 2.13 bits per heavy atom. The third kappa shape index (κ3) is 2.50. The summed E-state index contributed by atoms with van der Waals surface area (Å²) in [5.74, 6) is 0. The van der Waals surface area contributed by atoms with Crippen LogP contribution in [0, 0.1) is 11.3 Å². The van der Waals surface area contributed by atoms with Gasteiger partial charge in [0.15, 0.2) is 0 Å². The maximum atomic E-state index is 12.5. The van der Waals surface area contributed by atoms with Gasteiger partial charge in [0, 0.05) is 5.56 Å². The number of hydrogen-bond donors (Lipinski definition) is 0. The molecular formula is C11H8Cl2FN. The summed E-state index contributed by atoms with van der Waals surface area (Å²) in [7, 11) is 0. The van der Waals surface area contributed by atoms with E-state index in [-0.39, 0.29) is 10.6 Å². The summed E-state index contributed by atoms with van der Waals surface area (Å²) in [6, 6.07) is 6.87. The predicted octanol–water partition coefficient (Wildman–Crippen LogP) is 4.26. The first-order valence-corrected chi connectivity index (χ1v) is 4.97. The topological polar surface area (TPSA) is 23.8 Å².